The van der Waals surface area contributed by atoms with E-state index < -0.39 is 0 Å². The van der Waals surface area contributed by atoms with E-state index in [1.165, 1.54) is 25.9 Å². The van der Waals surface area contributed by atoms with Crippen LogP contribution in [0.25, 0.3) is 0 Å². The van der Waals surface area contributed by atoms with Crippen molar-refractivity contribution in [3.8, 4) is 11.8 Å². The van der Waals surface area contributed by atoms with E-state index in [-0.39, 0.29) is 0 Å². The highest BCUT2D eigenvalue weighted by molar-refractivity contribution is 5.45. The Morgan fingerprint density at radius 1 is 1.38 bits per heavy atom. The predicted molar refractivity (Wildman–Crippen MR) is 84.3 cm³/mol. The third kappa shape index (κ3) is 4.73. The van der Waals surface area contributed by atoms with Gasteiger partial charge >= 0.3 is 0 Å². The molecule has 4 nitrogen and oxygen atoms in total. The Morgan fingerprint density at radius 2 is 2.14 bits per heavy atom. The van der Waals surface area contributed by atoms with Gasteiger partial charge in [-0.2, -0.15) is 5.26 Å². The Balaban J connectivity index is 1.72. The lowest BCUT2D eigenvalue weighted by Crippen LogP contribution is -2.37. The summed E-state index contributed by atoms with van der Waals surface area (Å²) < 4.78 is 5.16. The highest BCUT2D eigenvalue weighted by Gasteiger charge is 2.14. The van der Waals surface area contributed by atoms with Crippen molar-refractivity contribution >= 4 is 0 Å². The Kier molecular flexibility index (Phi) is 6.04. The van der Waals surface area contributed by atoms with E-state index >= 15 is 0 Å². The number of piperidine rings is 1. The molecule has 1 aliphatic rings. The maximum atomic E-state index is 9.08. The molecule has 1 aromatic carbocycles. The fourth-order valence-corrected chi connectivity index (χ4v) is 2.71. The van der Waals surface area contributed by atoms with Gasteiger partial charge in [0.2, 0.25) is 0 Å². The molecule has 1 aromatic rings. The first-order chi connectivity index (χ1) is 10.2. The summed E-state index contributed by atoms with van der Waals surface area (Å²) in [6.07, 6.45) is 2.65. The number of ether oxygens (including phenoxy) is 1. The van der Waals surface area contributed by atoms with Gasteiger partial charge in [-0.05, 0) is 49.5 Å². The van der Waals surface area contributed by atoms with Crippen LogP contribution in [0.15, 0.2) is 18.2 Å². The van der Waals surface area contributed by atoms with Crippen LogP contribution in [0.3, 0.4) is 0 Å². The van der Waals surface area contributed by atoms with Crippen LogP contribution in [0.4, 0.5) is 0 Å². The summed E-state index contributed by atoms with van der Waals surface area (Å²) in [4.78, 5) is 2.53. The quantitative estimate of drug-likeness (QED) is 0.816. The molecule has 0 spiro atoms. The molecule has 1 N–H and O–H groups in total. The Bertz CT molecular complexity index is 487. The second kappa shape index (κ2) is 8.02. The first-order valence-corrected chi connectivity index (χ1v) is 7.73. The van der Waals surface area contributed by atoms with Crippen molar-refractivity contribution in [2.75, 3.05) is 33.3 Å². The van der Waals surface area contributed by atoms with Gasteiger partial charge in [-0.1, -0.05) is 13.0 Å². The van der Waals surface area contributed by atoms with Crippen LogP contribution >= 0.6 is 0 Å². The molecular weight excluding hydrogens is 262 g/mol. The summed E-state index contributed by atoms with van der Waals surface area (Å²) in [5.41, 5.74) is 1.72. The largest absolute Gasteiger partial charge is 0.495 e. The second-order valence-electron chi connectivity index (χ2n) is 5.85. The van der Waals surface area contributed by atoms with Crippen LogP contribution < -0.4 is 10.1 Å². The number of methoxy groups -OCH3 is 1. The topological polar surface area (TPSA) is 48.3 Å². The second-order valence-corrected chi connectivity index (χ2v) is 5.85. The van der Waals surface area contributed by atoms with Crippen LogP contribution in [0.1, 0.15) is 30.9 Å². The van der Waals surface area contributed by atoms with Crippen molar-refractivity contribution in [2.45, 2.75) is 26.3 Å². The third-order valence-electron chi connectivity index (χ3n) is 4.19. The minimum atomic E-state index is 0.599. The molecule has 0 unspecified atom stereocenters. The molecule has 21 heavy (non-hydrogen) atoms. The normalized spacial score (nSPS) is 16.6. The van der Waals surface area contributed by atoms with Crippen molar-refractivity contribution in [1.82, 2.24) is 10.2 Å². The van der Waals surface area contributed by atoms with Crippen molar-refractivity contribution in [2.24, 2.45) is 5.92 Å². The summed E-state index contributed by atoms with van der Waals surface area (Å²) >= 11 is 0. The lowest BCUT2D eigenvalue weighted by Gasteiger charge is -2.30. The van der Waals surface area contributed by atoms with E-state index in [4.69, 9.17) is 10.00 Å². The average Bonchev–Trinajstić information content (AvgIpc) is 2.53. The SMILES string of the molecule is COc1ccc(CNCCN2CCC(C)CC2)cc1C#N. The van der Waals surface area contributed by atoms with Crippen molar-refractivity contribution in [1.29, 1.82) is 5.26 Å². The molecule has 0 radical (unpaired) electrons. The minimum Gasteiger partial charge on any atom is -0.495 e. The summed E-state index contributed by atoms with van der Waals surface area (Å²) in [7, 11) is 1.59. The fourth-order valence-electron chi connectivity index (χ4n) is 2.71. The summed E-state index contributed by atoms with van der Waals surface area (Å²) in [5.74, 6) is 1.53. The van der Waals surface area contributed by atoms with Crippen LogP contribution in [-0.2, 0) is 6.54 Å². The molecule has 1 fully saturated rings. The van der Waals surface area contributed by atoms with E-state index in [9.17, 15) is 0 Å². The standard InChI is InChI=1S/C17H25N3O/c1-14-5-8-20(9-6-14)10-7-19-13-15-3-4-17(21-2)16(11-15)12-18/h3-4,11,14,19H,5-10,13H2,1-2H3. The molecule has 1 aliphatic heterocycles. The lowest BCUT2D eigenvalue weighted by atomic mass is 9.99. The van der Waals surface area contributed by atoms with Gasteiger partial charge in [-0.25, -0.2) is 0 Å². The van der Waals surface area contributed by atoms with E-state index in [0.29, 0.717) is 11.3 Å². The van der Waals surface area contributed by atoms with Crippen molar-refractivity contribution in [3.63, 3.8) is 0 Å². The zero-order valence-corrected chi connectivity index (χ0v) is 13.1. The van der Waals surface area contributed by atoms with Gasteiger partial charge in [0.15, 0.2) is 0 Å². The molecular formula is C17H25N3O. The lowest BCUT2D eigenvalue weighted by molar-refractivity contribution is 0.193. The molecule has 0 aliphatic carbocycles. The minimum absolute atomic E-state index is 0.599. The monoisotopic (exact) mass is 287 g/mol. The van der Waals surface area contributed by atoms with Gasteiger partial charge < -0.3 is 15.0 Å². The molecule has 114 valence electrons. The number of hydrogen-bond donors (Lipinski definition) is 1. The van der Waals surface area contributed by atoms with Crippen molar-refractivity contribution < 1.29 is 4.74 Å². The Morgan fingerprint density at radius 3 is 2.81 bits per heavy atom. The van der Waals surface area contributed by atoms with E-state index in [2.05, 4.69) is 23.2 Å². The zero-order valence-electron chi connectivity index (χ0n) is 13.1. The average molecular weight is 287 g/mol. The summed E-state index contributed by atoms with van der Waals surface area (Å²) in [6.45, 7) is 7.68. The summed E-state index contributed by atoms with van der Waals surface area (Å²) in [6, 6.07) is 7.94. The maximum absolute atomic E-state index is 9.08. The fraction of sp³-hybridized carbons (Fsp3) is 0.588. The molecule has 4 heteroatoms. The van der Waals surface area contributed by atoms with Gasteiger partial charge in [-0.15, -0.1) is 0 Å². The molecule has 0 atom stereocenters. The number of hydrogen-bond acceptors (Lipinski definition) is 4. The zero-order chi connectivity index (χ0) is 15.1. The van der Waals surface area contributed by atoms with Gasteiger partial charge in [0.1, 0.15) is 11.8 Å². The Hall–Kier alpha value is -1.57. The highest BCUT2D eigenvalue weighted by Crippen LogP contribution is 2.18. The number of nitriles is 1. The van der Waals surface area contributed by atoms with Crippen molar-refractivity contribution in [3.05, 3.63) is 29.3 Å². The van der Waals surface area contributed by atoms with Crippen LogP contribution in [-0.4, -0.2) is 38.2 Å². The number of nitrogens with one attached hydrogen (secondary N) is 1. The van der Waals surface area contributed by atoms with E-state index in [0.717, 1.165) is 31.1 Å². The third-order valence-corrected chi connectivity index (χ3v) is 4.19. The van der Waals surface area contributed by atoms with E-state index in [1.807, 2.05) is 18.2 Å². The van der Waals surface area contributed by atoms with Crippen LogP contribution in [0, 0.1) is 17.2 Å². The molecule has 0 amide bonds. The van der Waals surface area contributed by atoms with Crippen LogP contribution in [0.5, 0.6) is 5.75 Å². The molecule has 1 heterocycles. The molecule has 1 saturated heterocycles. The number of benzene rings is 1. The van der Waals surface area contributed by atoms with Gasteiger partial charge in [0.05, 0.1) is 12.7 Å². The number of likely N-dealkylation sites (tertiary alicyclic amines) is 1. The number of nitrogens with zero attached hydrogens (tertiary/aromatic N) is 2. The molecule has 0 bridgehead atoms. The first-order valence-electron chi connectivity index (χ1n) is 7.73. The Labute approximate surface area is 127 Å². The summed E-state index contributed by atoms with van der Waals surface area (Å²) in [5, 5.41) is 12.5. The van der Waals surface area contributed by atoms with Gasteiger partial charge in [0, 0.05) is 19.6 Å². The number of rotatable bonds is 6. The van der Waals surface area contributed by atoms with Gasteiger partial charge in [0.25, 0.3) is 0 Å². The first kappa shape index (κ1) is 15.8. The molecule has 0 aromatic heterocycles. The maximum Gasteiger partial charge on any atom is 0.136 e. The molecule has 0 saturated carbocycles. The molecule has 2 rings (SSSR count). The van der Waals surface area contributed by atoms with Crippen LogP contribution in [0.2, 0.25) is 0 Å². The van der Waals surface area contributed by atoms with Gasteiger partial charge in [-0.3, -0.25) is 0 Å². The smallest absolute Gasteiger partial charge is 0.136 e. The highest BCUT2D eigenvalue weighted by atomic mass is 16.5. The van der Waals surface area contributed by atoms with E-state index in [1.54, 1.807) is 7.11 Å². The predicted octanol–water partition coefficient (Wildman–Crippen LogP) is 2.39.